The minimum absolute atomic E-state index is 0.0587. The second-order valence-corrected chi connectivity index (χ2v) is 13.0. The van der Waals surface area contributed by atoms with Crippen LogP contribution in [0.5, 0.6) is 0 Å². The van der Waals surface area contributed by atoms with Gasteiger partial charge in [-0.25, -0.2) is 4.79 Å². The SMILES string of the molecule is C=C1C(OC(C)=O)[C@@H](OC(=O)c2ccccc2)C(=O)C(C)(C)/C=C/[C@@H](C)C(=O)C2(OC(C)=O)C[C@@](C)(O)C(OC(C)=O)[C@@H]2[C@@H]1OC(C)=O. The van der Waals surface area contributed by atoms with Crippen molar-refractivity contribution in [2.75, 3.05) is 0 Å². The van der Waals surface area contributed by atoms with Crippen LogP contribution in [0.15, 0.2) is 54.6 Å². The molecule has 3 unspecified atom stereocenters. The van der Waals surface area contributed by atoms with Crippen LogP contribution in [-0.4, -0.2) is 82.1 Å². The van der Waals surface area contributed by atoms with Gasteiger partial charge in [0, 0.05) is 51.0 Å². The van der Waals surface area contributed by atoms with E-state index in [9.17, 15) is 38.7 Å². The molecule has 1 aromatic carbocycles. The number of carbonyl (C=O) groups is 7. The molecule has 2 aliphatic rings. The predicted octanol–water partition coefficient (Wildman–Crippen LogP) is 3.01. The third kappa shape index (κ3) is 7.89. The summed E-state index contributed by atoms with van der Waals surface area (Å²) in [6.45, 7) is 13.8. The molecule has 1 fully saturated rings. The first kappa shape index (κ1) is 37.8. The molecule has 0 aromatic heterocycles. The second-order valence-electron chi connectivity index (χ2n) is 13.0. The number of hydrogen-bond acceptors (Lipinski definition) is 13. The van der Waals surface area contributed by atoms with Crippen molar-refractivity contribution in [2.24, 2.45) is 17.3 Å². The summed E-state index contributed by atoms with van der Waals surface area (Å²) < 4.78 is 28.4. The fourth-order valence-corrected chi connectivity index (χ4v) is 6.37. The minimum atomic E-state index is -2.33. The average molecular weight is 671 g/mol. The summed E-state index contributed by atoms with van der Waals surface area (Å²) in [6, 6.07) is 7.68. The zero-order valence-electron chi connectivity index (χ0n) is 28.3. The van der Waals surface area contributed by atoms with Crippen LogP contribution in [0.25, 0.3) is 0 Å². The molecule has 2 aliphatic carbocycles. The van der Waals surface area contributed by atoms with Gasteiger partial charge < -0.3 is 28.8 Å². The van der Waals surface area contributed by atoms with Gasteiger partial charge in [-0.15, -0.1) is 0 Å². The van der Waals surface area contributed by atoms with Crippen LogP contribution >= 0.6 is 0 Å². The van der Waals surface area contributed by atoms with Crippen molar-refractivity contribution in [2.45, 2.75) is 97.4 Å². The first-order valence-corrected chi connectivity index (χ1v) is 15.3. The monoisotopic (exact) mass is 670 g/mol. The maximum absolute atomic E-state index is 14.5. The van der Waals surface area contributed by atoms with Crippen molar-refractivity contribution in [3.63, 3.8) is 0 Å². The van der Waals surface area contributed by atoms with Gasteiger partial charge in [-0.1, -0.05) is 43.9 Å². The van der Waals surface area contributed by atoms with E-state index in [4.69, 9.17) is 23.7 Å². The van der Waals surface area contributed by atoms with Gasteiger partial charge in [0.15, 0.2) is 23.3 Å². The number of benzene rings is 1. The van der Waals surface area contributed by atoms with Gasteiger partial charge in [0.1, 0.15) is 17.8 Å². The van der Waals surface area contributed by atoms with Crippen LogP contribution in [0.2, 0.25) is 0 Å². The predicted molar refractivity (Wildman–Crippen MR) is 167 cm³/mol. The van der Waals surface area contributed by atoms with E-state index in [0.717, 1.165) is 27.7 Å². The fourth-order valence-electron chi connectivity index (χ4n) is 6.37. The number of fused-ring (bicyclic) bond motifs is 1. The maximum Gasteiger partial charge on any atom is 0.338 e. The van der Waals surface area contributed by atoms with Crippen molar-refractivity contribution in [1.29, 1.82) is 0 Å². The molecule has 0 heterocycles. The first-order valence-electron chi connectivity index (χ1n) is 15.3. The minimum Gasteiger partial charge on any atom is -0.459 e. The third-order valence-electron chi connectivity index (χ3n) is 8.40. The molecule has 0 bridgehead atoms. The second kappa shape index (κ2) is 14.2. The first-order chi connectivity index (χ1) is 22.1. The molecule has 48 heavy (non-hydrogen) atoms. The average Bonchev–Trinajstić information content (AvgIpc) is 3.19. The zero-order valence-corrected chi connectivity index (χ0v) is 28.3. The zero-order chi connectivity index (χ0) is 36.4. The molecular weight excluding hydrogens is 628 g/mol. The summed E-state index contributed by atoms with van der Waals surface area (Å²) in [6.07, 6.45) is -5.15. The van der Waals surface area contributed by atoms with Gasteiger partial charge in [-0.05, 0) is 32.9 Å². The molecular formula is C35H42O13. The van der Waals surface area contributed by atoms with Crippen LogP contribution < -0.4 is 0 Å². The highest BCUT2D eigenvalue weighted by Crippen LogP contribution is 2.52. The van der Waals surface area contributed by atoms with Gasteiger partial charge in [0.2, 0.25) is 6.10 Å². The normalized spacial score (nSPS) is 32.4. The summed E-state index contributed by atoms with van der Waals surface area (Å²) in [4.78, 5) is 92.7. The molecule has 8 atom stereocenters. The molecule has 0 saturated heterocycles. The number of aliphatic hydroxyl groups is 1. The van der Waals surface area contributed by atoms with Crippen LogP contribution in [0.4, 0.5) is 0 Å². The number of ketones is 2. The molecule has 3 rings (SSSR count). The number of ether oxygens (including phenoxy) is 5. The van der Waals surface area contributed by atoms with Gasteiger partial charge in [0.05, 0.1) is 11.5 Å². The summed E-state index contributed by atoms with van der Waals surface area (Å²) in [5.41, 5.74) is -6.22. The summed E-state index contributed by atoms with van der Waals surface area (Å²) in [5.74, 6) is -9.11. The Morgan fingerprint density at radius 1 is 0.771 bits per heavy atom. The Morgan fingerprint density at radius 2 is 1.31 bits per heavy atom. The van der Waals surface area contributed by atoms with E-state index in [1.807, 2.05) is 0 Å². The number of allylic oxidation sites excluding steroid dienone is 2. The van der Waals surface area contributed by atoms with E-state index in [-0.39, 0.29) is 5.56 Å². The lowest BCUT2D eigenvalue weighted by molar-refractivity contribution is -0.187. The van der Waals surface area contributed by atoms with E-state index in [1.165, 1.54) is 52.0 Å². The van der Waals surface area contributed by atoms with E-state index >= 15 is 0 Å². The smallest absolute Gasteiger partial charge is 0.338 e. The van der Waals surface area contributed by atoms with E-state index in [1.54, 1.807) is 18.2 Å². The molecule has 0 amide bonds. The molecule has 0 spiro atoms. The number of hydrogen-bond donors (Lipinski definition) is 1. The highest BCUT2D eigenvalue weighted by molar-refractivity contribution is 5.97. The molecule has 260 valence electrons. The topological polar surface area (TPSA) is 186 Å². The van der Waals surface area contributed by atoms with Gasteiger partial charge >= 0.3 is 29.8 Å². The van der Waals surface area contributed by atoms with E-state index in [2.05, 4.69) is 6.58 Å². The van der Waals surface area contributed by atoms with Crippen molar-refractivity contribution < 1.29 is 62.4 Å². The molecule has 0 radical (unpaired) electrons. The highest BCUT2D eigenvalue weighted by Gasteiger charge is 2.70. The van der Waals surface area contributed by atoms with E-state index in [0.29, 0.717) is 0 Å². The Bertz CT molecular complexity index is 1520. The van der Waals surface area contributed by atoms with Crippen LogP contribution in [0.1, 0.15) is 72.2 Å². The van der Waals surface area contributed by atoms with E-state index < -0.39 is 106 Å². The molecule has 13 nitrogen and oxygen atoms in total. The Kier molecular flexibility index (Phi) is 11.2. The largest absolute Gasteiger partial charge is 0.459 e. The Balaban J connectivity index is 2.45. The molecule has 13 heteroatoms. The molecule has 1 saturated carbocycles. The van der Waals surface area contributed by atoms with Gasteiger partial charge in [0.25, 0.3) is 0 Å². The number of esters is 5. The quantitative estimate of drug-likeness (QED) is 0.265. The summed E-state index contributed by atoms with van der Waals surface area (Å²) in [5, 5.41) is 11.7. The summed E-state index contributed by atoms with van der Waals surface area (Å²) >= 11 is 0. The molecule has 1 aromatic rings. The van der Waals surface area contributed by atoms with Crippen molar-refractivity contribution in [3.8, 4) is 0 Å². The van der Waals surface area contributed by atoms with Crippen molar-refractivity contribution in [1.82, 2.24) is 0 Å². The van der Waals surface area contributed by atoms with Gasteiger partial charge in [-0.2, -0.15) is 0 Å². The Labute approximate surface area is 278 Å². The number of rotatable bonds is 6. The van der Waals surface area contributed by atoms with Crippen LogP contribution in [-0.2, 0) is 52.5 Å². The summed E-state index contributed by atoms with van der Waals surface area (Å²) in [7, 11) is 0. The lowest BCUT2D eigenvalue weighted by Crippen LogP contribution is -2.58. The lowest BCUT2D eigenvalue weighted by Gasteiger charge is -2.42. The maximum atomic E-state index is 14.5. The third-order valence-corrected chi connectivity index (χ3v) is 8.40. The fraction of sp³-hybridized carbons (Fsp3) is 0.514. The van der Waals surface area contributed by atoms with Crippen LogP contribution in [0, 0.1) is 17.3 Å². The highest BCUT2D eigenvalue weighted by atomic mass is 16.6. The Morgan fingerprint density at radius 3 is 1.83 bits per heavy atom. The van der Waals surface area contributed by atoms with Gasteiger partial charge in [-0.3, -0.25) is 28.8 Å². The molecule has 1 N–H and O–H groups in total. The van der Waals surface area contributed by atoms with Crippen molar-refractivity contribution >= 4 is 41.4 Å². The van der Waals surface area contributed by atoms with Crippen molar-refractivity contribution in [3.05, 3.63) is 60.2 Å². The lowest BCUT2D eigenvalue weighted by atomic mass is 9.72. The standard InChI is InChI=1S/C35H42O13/c1-18-15-16-33(7,8)30(41)28(47-32(42)24-13-11-10-12-14-24)27(45-21(4)37)19(2)26(44-20(3)36)25-31(46-22(5)38)34(9,43)17-35(25,29(18)40)48-23(6)39/h10-16,18,25-28,31,43H,2,17H2,1,3-9H3/b16-15+/t18-,25+,26-,27?,28-,31?,34-,35?/m1/s1. The Hall–Kier alpha value is -4.65. The molecule has 0 aliphatic heterocycles. The number of Topliss-reactive ketones (excluding diaryl/α,β-unsaturated/α-hetero) is 2. The number of carbonyl (C=O) groups excluding carboxylic acids is 7. The van der Waals surface area contributed by atoms with Crippen LogP contribution in [0.3, 0.4) is 0 Å².